The van der Waals surface area contributed by atoms with E-state index in [0.717, 1.165) is 18.7 Å². The summed E-state index contributed by atoms with van der Waals surface area (Å²) in [5.41, 5.74) is 1.48. The first-order valence-electron chi connectivity index (χ1n) is 11.4. The highest BCUT2D eigenvalue weighted by molar-refractivity contribution is 7.11. The molecule has 5 rings (SSSR count). The maximum Gasteiger partial charge on any atom is 0.282 e. The highest BCUT2D eigenvalue weighted by atomic mass is 35.5. The summed E-state index contributed by atoms with van der Waals surface area (Å²) in [5, 5.41) is 3.41. The molecule has 10 heteroatoms. The average molecular weight is 531 g/mol. The lowest BCUT2D eigenvalue weighted by molar-refractivity contribution is 0.00853. The van der Waals surface area contributed by atoms with Crippen molar-refractivity contribution in [2.24, 2.45) is 0 Å². The van der Waals surface area contributed by atoms with Crippen LogP contribution in [0.15, 0.2) is 54.0 Å². The van der Waals surface area contributed by atoms with Gasteiger partial charge < -0.3 is 14.5 Å². The van der Waals surface area contributed by atoms with Gasteiger partial charge in [0.25, 0.3) is 11.8 Å². The van der Waals surface area contributed by atoms with Crippen LogP contribution in [0.1, 0.15) is 25.7 Å². The summed E-state index contributed by atoms with van der Waals surface area (Å²) in [6.07, 6.45) is 1.66. The molecule has 3 heterocycles. The molecule has 182 valence electrons. The number of piperazine rings is 1. The summed E-state index contributed by atoms with van der Waals surface area (Å²) in [5.74, 6) is 0.485. The normalized spacial score (nSPS) is 16.7. The van der Waals surface area contributed by atoms with Crippen LogP contribution >= 0.6 is 34.5 Å². The Balaban J connectivity index is 1.10. The molecule has 0 atom stereocenters. The first-order valence-corrected chi connectivity index (χ1v) is 13.0. The Labute approximate surface area is 217 Å². The number of aromatic nitrogens is 1. The van der Waals surface area contributed by atoms with Gasteiger partial charge in [-0.3, -0.25) is 14.5 Å². The predicted molar refractivity (Wildman–Crippen MR) is 137 cm³/mol. The minimum Gasteiger partial charge on any atom is -0.487 e. The van der Waals surface area contributed by atoms with E-state index in [1.165, 1.54) is 11.3 Å². The number of likely N-dealkylation sites (tertiary alicyclic amines) is 1. The van der Waals surface area contributed by atoms with Crippen molar-refractivity contribution in [3.63, 3.8) is 0 Å². The Bertz CT molecular complexity index is 1210. The standard InChI is InChI=1S/C25H24Cl2N4O3S/c26-19-3-1-2-17(12-19)16-34-22-5-4-18(13-21(22)27)24(32)31-14-20(15-31)29-7-9-30(10-8-29)25(33)23-28-6-11-35-23/h1-6,11-13,20H,7-10,14-16H2. The topological polar surface area (TPSA) is 66.0 Å². The van der Waals surface area contributed by atoms with Crippen LogP contribution in [0.25, 0.3) is 0 Å². The Morgan fingerprint density at radius 2 is 1.80 bits per heavy atom. The maximum atomic E-state index is 12.9. The Hall–Kier alpha value is -2.65. The highest BCUT2D eigenvalue weighted by Gasteiger charge is 2.37. The second-order valence-electron chi connectivity index (χ2n) is 8.59. The van der Waals surface area contributed by atoms with Crippen LogP contribution in [-0.4, -0.2) is 76.8 Å². The quantitative estimate of drug-likeness (QED) is 0.475. The molecule has 1 aromatic heterocycles. The first-order chi connectivity index (χ1) is 17.0. The van der Waals surface area contributed by atoms with E-state index in [1.54, 1.807) is 24.4 Å². The highest BCUT2D eigenvalue weighted by Crippen LogP contribution is 2.28. The van der Waals surface area contributed by atoms with Crippen molar-refractivity contribution in [1.29, 1.82) is 0 Å². The Morgan fingerprint density at radius 1 is 1.00 bits per heavy atom. The summed E-state index contributed by atoms with van der Waals surface area (Å²) >= 11 is 13.8. The number of hydrogen-bond acceptors (Lipinski definition) is 6. The van der Waals surface area contributed by atoms with Gasteiger partial charge in [0.05, 0.1) is 5.02 Å². The largest absolute Gasteiger partial charge is 0.487 e. The van der Waals surface area contributed by atoms with Crippen LogP contribution in [0.3, 0.4) is 0 Å². The SMILES string of the molecule is O=C(c1ccc(OCc2cccc(Cl)c2)c(Cl)c1)N1CC(N2CCN(C(=O)c3nccs3)CC2)C1. The molecule has 2 aliphatic heterocycles. The fourth-order valence-electron chi connectivity index (χ4n) is 4.33. The zero-order valence-corrected chi connectivity index (χ0v) is 21.2. The molecule has 35 heavy (non-hydrogen) atoms. The Morgan fingerprint density at radius 3 is 2.49 bits per heavy atom. The fourth-order valence-corrected chi connectivity index (χ4v) is 5.38. The number of benzene rings is 2. The summed E-state index contributed by atoms with van der Waals surface area (Å²) in [6, 6.07) is 12.9. The smallest absolute Gasteiger partial charge is 0.282 e. The molecule has 0 spiro atoms. The number of ether oxygens (including phenoxy) is 1. The Kier molecular flexibility index (Phi) is 7.24. The third-order valence-corrected chi connectivity index (χ3v) is 7.64. The van der Waals surface area contributed by atoms with Crippen molar-refractivity contribution in [1.82, 2.24) is 19.7 Å². The van der Waals surface area contributed by atoms with Gasteiger partial charge in [-0.05, 0) is 35.9 Å². The summed E-state index contributed by atoms with van der Waals surface area (Å²) in [6.45, 7) is 4.63. The van der Waals surface area contributed by atoms with Crippen LogP contribution in [0.2, 0.25) is 10.0 Å². The lowest BCUT2D eigenvalue weighted by Crippen LogP contribution is -2.64. The van der Waals surface area contributed by atoms with Gasteiger partial charge in [0, 0.05) is 67.5 Å². The molecule has 2 fully saturated rings. The average Bonchev–Trinajstić information content (AvgIpc) is 3.37. The monoisotopic (exact) mass is 530 g/mol. The van der Waals surface area contributed by atoms with Crippen LogP contribution in [0.4, 0.5) is 0 Å². The molecule has 0 bridgehead atoms. The molecule has 0 unspecified atom stereocenters. The summed E-state index contributed by atoms with van der Waals surface area (Å²) in [7, 11) is 0. The van der Waals surface area contributed by atoms with Crippen LogP contribution in [-0.2, 0) is 6.61 Å². The van der Waals surface area contributed by atoms with Crippen molar-refractivity contribution in [3.8, 4) is 5.75 Å². The molecule has 2 amide bonds. The van der Waals surface area contributed by atoms with Gasteiger partial charge in [-0.25, -0.2) is 4.98 Å². The van der Waals surface area contributed by atoms with Gasteiger partial charge in [-0.15, -0.1) is 11.3 Å². The van der Waals surface area contributed by atoms with Crippen molar-refractivity contribution in [3.05, 3.63) is 80.2 Å². The van der Waals surface area contributed by atoms with Gasteiger partial charge in [-0.1, -0.05) is 35.3 Å². The number of thiazole rings is 1. The van der Waals surface area contributed by atoms with Crippen LogP contribution < -0.4 is 4.74 Å². The molecule has 0 saturated carbocycles. The molecule has 7 nitrogen and oxygen atoms in total. The number of nitrogens with zero attached hydrogens (tertiary/aromatic N) is 4. The predicted octanol–water partition coefficient (Wildman–Crippen LogP) is 4.31. The van der Waals surface area contributed by atoms with E-state index >= 15 is 0 Å². The summed E-state index contributed by atoms with van der Waals surface area (Å²) in [4.78, 5) is 35.6. The van der Waals surface area contributed by atoms with Crippen LogP contribution in [0.5, 0.6) is 5.75 Å². The molecule has 3 aromatic rings. The third-order valence-electron chi connectivity index (χ3n) is 6.34. The third kappa shape index (κ3) is 5.46. The number of halogens is 2. The van der Waals surface area contributed by atoms with E-state index in [1.807, 2.05) is 39.4 Å². The van der Waals surface area contributed by atoms with Gasteiger partial charge in [0.1, 0.15) is 12.4 Å². The number of carbonyl (C=O) groups is 2. The second-order valence-corrected chi connectivity index (χ2v) is 10.3. The van der Waals surface area contributed by atoms with Crippen molar-refractivity contribution in [2.75, 3.05) is 39.3 Å². The van der Waals surface area contributed by atoms with E-state index < -0.39 is 0 Å². The lowest BCUT2D eigenvalue weighted by Gasteiger charge is -2.48. The second kappa shape index (κ2) is 10.5. The van der Waals surface area contributed by atoms with Crippen molar-refractivity contribution < 1.29 is 14.3 Å². The number of hydrogen-bond donors (Lipinski definition) is 0. The molecular weight excluding hydrogens is 507 g/mol. The molecule has 0 aliphatic carbocycles. The summed E-state index contributed by atoms with van der Waals surface area (Å²) < 4.78 is 5.81. The van der Waals surface area contributed by atoms with Crippen molar-refractivity contribution >= 4 is 46.4 Å². The van der Waals surface area contributed by atoms with Crippen LogP contribution in [0, 0.1) is 0 Å². The minimum atomic E-state index is -0.0397. The number of carbonyl (C=O) groups excluding carboxylic acids is 2. The van der Waals surface area contributed by atoms with E-state index in [2.05, 4.69) is 9.88 Å². The fraction of sp³-hybridized carbons (Fsp3) is 0.320. The number of rotatable bonds is 6. The van der Waals surface area contributed by atoms with E-state index in [4.69, 9.17) is 27.9 Å². The zero-order valence-electron chi connectivity index (χ0n) is 18.9. The molecule has 0 N–H and O–H groups in total. The van der Waals surface area contributed by atoms with Gasteiger partial charge in [-0.2, -0.15) is 0 Å². The maximum absolute atomic E-state index is 12.9. The van der Waals surface area contributed by atoms with E-state index in [0.29, 0.717) is 65.2 Å². The van der Waals surface area contributed by atoms with Gasteiger partial charge >= 0.3 is 0 Å². The molecule has 2 aromatic carbocycles. The molecule has 2 saturated heterocycles. The minimum absolute atomic E-state index is 0.00179. The zero-order chi connectivity index (χ0) is 24.4. The molecule has 0 radical (unpaired) electrons. The molecular formula is C25H24Cl2N4O3S. The van der Waals surface area contributed by atoms with Gasteiger partial charge in [0.15, 0.2) is 5.01 Å². The van der Waals surface area contributed by atoms with Crippen molar-refractivity contribution in [2.45, 2.75) is 12.6 Å². The first kappa shape index (κ1) is 24.1. The number of amides is 2. The molecule has 2 aliphatic rings. The van der Waals surface area contributed by atoms with E-state index in [-0.39, 0.29) is 11.8 Å². The van der Waals surface area contributed by atoms with E-state index in [9.17, 15) is 9.59 Å². The lowest BCUT2D eigenvalue weighted by atomic mass is 10.0. The van der Waals surface area contributed by atoms with Gasteiger partial charge in [0.2, 0.25) is 0 Å².